The van der Waals surface area contributed by atoms with E-state index in [2.05, 4.69) is 78.1 Å². The van der Waals surface area contributed by atoms with E-state index in [0.717, 1.165) is 41.4 Å². The van der Waals surface area contributed by atoms with E-state index in [1.54, 1.807) is 0 Å². The van der Waals surface area contributed by atoms with Gasteiger partial charge in [0.05, 0.1) is 11.4 Å². The normalized spacial score (nSPS) is 11.7. The van der Waals surface area contributed by atoms with Crippen LogP contribution in [0.5, 0.6) is 0 Å². The number of anilines is 1. The van der Waals surface area contributed by atoms with Crippen LogP contribution in [0.3, 0.4) is 0 Å². The summed E-state index contributed by atoms with van der Waals surface area (Å²) in [7, 11) is 2.15. The van der Waals surface area contributed by atoms with Crippen LogP contribution in [0.2, 0.25) is 0 Å². The molecule has 0 atom stereocenters. The van der Waals surface area contributed by atoms with Crippen LogP contribution in [-0.4, -0.2) is 32.5 Å². The molecule has 2 aromatic heterocycles. The van der Waals surface area contributed by atoms with Crippen molar-refractivity contribution in [1.82, 2.24) is 14.3 Å². The quantitative estimate of drug-likeness (QED) is 0.267. The highest BCUT2D eigenvalue weighted by Gasteiger charge is 2.17. The molecule has 2 heterocycles. The molecule has 0 aliphatic heterocycles. The first-order valence-corrected chi connectivity index (χ1v) is 13.0. The molecule has 0 saturated heterocycles. The Morgan fingerprint density at radius 3 is 2.34 bits per heavy atom. The standard InChI is InChI=1S/C29H34N4OS/c1-20(2)29(34)30-24-13-11-23(12-14-24)28-26(19-32(5)17-22-9-7-6-8-10-22)33-18-25(35-21(3)4)15-16-27(33)31-28/h6-16,18,20-21H,17,19H2,1-5H3,(H,30,34). The molecule has 4 aromatic rings. The van der Waals surface area contributed by atoms with E-state index in [-0.39, 0.29) is 11.8 Å². The number of imidazole rings is 1. The largest absolute Gasteiger partial charge is 0.326 e. The van der Waals surface area contributed by atoms with Gasteiger partial charge < -0.3 is 9.72 Å². The van der Waals surface area contributed by atoms with Crippen molar-refractivity contribution in [2.75, 3.05) is 12.4 Å². The number of carbonyl (C=O) groups excluding carboxylic acids is 1. The third kappa shape index (κ3) is 6.32. The van der Waals surface area contributed by atoms with Crippen molar-refractivity contribution in [1.29, 1.82) is 0 Å². The first-order valence-electron chi connectivity index (χ1n) is 12.1. The van der Waals surface area contributed by atoms with E-state index in [1.807, 2.05) is 55.9 Å². The molecule has 5 nitrogen and oxygen atoms in total. The Morgan fingerprint density at radius 2 is 1.69 bits per heavy atom. The molecule has 0 radical (unpaired) electrons. The van der Waals surface area contributed by atoms with Crippen molar-refractivity contribution in [3.05, 3.63) is 84.2 Å². The average Bonchev–Trinajstić information content (AvgIpc) is 3.17. The molecule has 4 rings (SSSR count). The number of aromatic nitrogens is 2. The van der Waals surface area contributed by atoms with E-state index in [9.17, 15) is 4.79 Å². The number of nitrogens with one attached hydrogen (secondary N) is 1. The lowest BCUT2D eigenvalue weighted by Gasteiger charge is -2.18. The third-order valence-electron chi connectivity index (χ3n) is 5.73. The van der Waals surface area contributed by atoms with Gasteiger partial charge in [0.25, 0.3) is 0 Å². The SMILES string of the molecule is CC(C)Sc1ccc2nc(-c3ccc(NC(=O)C(C)C)cc3)c(CN(C)Cc3ccccc3)n2c1. The van der Waals surface area contributed by atoms with Crippen molar-refractivity contribution in [3.8, 4) is 11.3 Å². The fourth-order valence-corrected chi connectivity index (χ4v) is 4.86. The summed E-state index contributed by atoms with van der Waals surface area (Å²) in [5.74, 6) is -0.0401. The van der Waals surface area contributed by atoms with Crippen LogP contribution in [0.25, 0.3) is 16.9 Å². The molecule has 1 N–H and O–H groups in total. The smallest absolute Gasteiger partial charge is 0.226 e. The predicted octanol–water partition coefficient (Wildman–Crippen LogP) is 6.73. The summed E-state index contributed by atoms with van der Waals surface area (Å²) in [4.78, 5) is 20.7. The number of thioether (sulfide) groups is 1. The van der Waals surface area contributed by atoms with Gasteiger partial charge in [-0.3, -0.25) is 9.69 Å². The van der Waals surface area contributed by atoms with Gasteiger partial charge in [0.2, 0.25) is 5.91 Å². The molecule has 1 amide bonds. The van der Waals surface area contributed by atoms with Crippen molar-refractivity contribution < 1.29 is 4.79 Å². The fraction of sp³-hybridized carbons (Fsp3) is 0.310. The molecule has 0 bridgehead atoms. The number of nitrogens with zero attached hydrogens (tertiary/aromatic N) is 3. The number of carbonyl (C=O) groups is 1. The van der Waals surface area contributed by atoms with E-state index in [0.29, 0.717) is 5.25 Å². The highest BCUT2D eigenvalue weighted by molar-refractivity contribution is 7.99. The number of hydrogen-bond donors (Lipinski definition) is 1. The lowest BCUT2D eigenvalue weighted by molar-refractivity contribution is -0.118. The number of fused-ring (bicyclic) bond motifs is 1. The zero-order valence-corrected chi connectivity index (χ0v) is 22.0. The minimum absolute atomic E-state index is 0.0175. The number of benzene rings is 2. The highest BCUT2D eigenvalue weighted by atomic mass is 32.2. The van der Waals surface area contributed by atoms with E-state index < -0.39 is 0 Å². The van der Waals surface area contributed by atoms with Crippen LogP contribution < -0.4 is 5.32 Å². The van der Waals surface area contributed by atoms with Crippen LogP contribution in [0, 0.1) is 5.92 Å². The maximum Gasteiger partial charge on any atom is 0.226 e. The zero-order valence-electron chi connectivity index (χ0n) is 21.2. The Hall–Kier alpha value is -3.09. The van der Waals surface area contributed by atoms with Gasteiger partial charge in [-0.1, -0.05) is 70.2 Å². The number of pyridine rings is 1. The molecule has 0 aliphatic carbocycles. The lowest BCUT2D eigenvalue weighted by Crippen LogP contribution is -2.19. The monoisotopic (exact) mass is 486 g/mol. The first-order chi connectivity index (χ1) is 16.8. The van der Waals surface area contributed by atoms with Gasteiger partial charge in [-0.2, -0.15) is 0 Å². The lowest BCUT2D eigenvalue weighted by atomic mass is 10.1. The van der Waals surface area contributed by atoms with Gasteiger partial charge in [-0.05, 0) is 36.9 Å². The fourth-order valence-electron chi connectivity index (χ4n) is 4.00. The van der Waals surface area contributed by atoms with E-state index in [1.165, 1.54) is 10.5 Å². The highest BCUT2D eigenvalue weighted by Crippen LogP contribution is 2.30. The summed E-state index contributed by atoms with van der Waals surface area (Å²) in [5.41, 5.74) is 6.19. The van der Waals surface area contributed by atoms with Gasteiger partial charge >= 0.3 is 0 Å². The van der Waals surface area contributed by atoms with Gasteiger partial charge in [0, 0.05) is 46.6 Å². The molecule has 0 fully saturated rings. The number of hydrogen-bond acceptors (Lipinski definition) is 4. The summed E-state index contributed by atoms with van der Waals surface area (Å²) in [6, 6.07) is 22.8. The number of amides is 1. The van der Waals surface area contributed by atoms with Crippen molar-refractivity contribution in [3.63, 3.8) is 0 Å². The van der Waals surface area contributed by atoms with Gasteiger partial charge in [-0.15, -0.1) is 11.8 Å². The molecule has 0 saturated carbocycles. The summed E-state index contributed by atoms with van der Waals surface area (Å²) < 4.78 is 2.23. The second-order valence-corrected chi connectivity index (χ2v) is 11.2. The molecular weight excluding hydrogens is 452 g/mol. The molecule has 0 aliphatic rings. The van der Waals surface area contributed by atoms with Crippen molar-refractivity contribution in [2.24, 2.45) is 5.92 Å². The molecule has 2 aromatic carbocycles. The summed E-state index contributed by atoms with van der Waals surface area (Å²) >= 11 is 1.86. The summed E-state index contributed by atoms with van der Waals surface area (Å²) in [6.45, 7) is 9.82. The van der Waals surface area contributed by atoms with E-state index >= 15 is 0 Å². The summed E-state index contributed by atoms with van der Waals surface area (Å²) in [5, 5.41) is 3.48. The van der Waals surface area contributed by atoms with Crippen molar-refractivity contribution in [2.45, 2.75) is 50.9 Å². The van der Waals surface area contributed by atoms with Gasteiger partial charge in [0.1, 0.15) is 5.65 Å². The van der Waals surface area contributed by atoms with Crippen LogP contribution >= 0.6 is 11.8 Å². The zero-order chi connectivity index (χ0) is 24.9. The molecule has 182 valence electrons. The Bertz CT molecular complexity index is 1280. The first kappa shape index (κ1) is 25.0. The summed E-state index contributed by atoms with van der Waals surface area (Å²) in [6.07, 6.45) is 2.21. The topological polar surface area (TPSA) is 49.6 Å². The number of rotatable bonds is 9. The Balaban J connectivity index is 1.69. The van der Waals surface area contributed by atoms with Crippen LogP contribution in [0.4, 0.5) is 5.69 Å². The maximum absolute atomic E-state index is 12.1. The van der Waals surface area contributed by atoms with Crippen LogP contribution in [0.15, 0.2) is 77.8 Å². The second-order valence-electron chi connectivity index (χ2n) is 9.55. The predicted molar refractivity (Wildman–Crippen MR) is 147 cm³/mol. The Labute approximate surface area is 212 Å². The Morgan fingerprint density at radius 1 is 0.971 bits per heavy atom. The molecule has 0 spiro atoms. The molecule has 6 heteroatoms. The second kappa shape index (κ2) is 11.1. The Kier molecular flexibility index (Phi) is 7.93. The van der Waals surface area contributed by atoms with Crippen molar-refractivity contribution >= 4 is 29.0 Å². The van der Waals surface area contributed by atoms with Gasteiger partial charge in [0.15, 0.2) is 0 Å². The minimum atomic E-state index is -0.0576. The minimum Gasteiger partial charge on any atom is -0.326 e. The van der Waals surface area contributed by atoms with E-state index in [4.69, 9.17) is 4.98 Å². The molecule has 0 unspecified atom stereocenters. The molecule has 35 heavy (non-hydrogen) atoms. The van der Waals surface area contributed by atoms with Crippen LogP contribution in [-0.2, 0) is 17.9 Å². The maximum atomic E-state index is 12.1. The van der Waals surface area contributed by atoms with Gasteiger partial charge in [-0.25, -0.2) is 4.98 Å². The molecular formula is C29H34N4OS. The average molecular weight is 487 g/mol. The van der Waals surface area contributed by atoms with Crippen LogP contribution in [0.1, 0.15) is 39.0 Å². The third-order valence-corrected chi connectivity index (χ3v) is 6.71.